The fourth-order valence-electron chi connectivity index (χ4n) is 2.84. The minimum atomic E-state index is 0.277. The van der Waals surface area contributed by atoms with Crippen molar-refractivity contribution in [2.24, 2.45) is 9.98 Å². The lowest BCUT2D eigenvalue weighted by Gasteiger charge is -2.05. The van der Waals surface area contributed by atoms with Crippen LogP contribution in [0.5, 0.6) is 0 Å². The van der Waals surface area contributed by atoms with Crippen LogP contribution < -0.4 is 0 Å². The zero-order valence-corrected chi connectivity index (χ0v) is 13.1. The van der Waals surface area contributed by atoms with Gasteiger partial charge in [-0.15, -0.1) is 5.10 Å². The van der Waals surface area contributed by atoms with Crippen LogP contribution in [0, 0.1) is 0 Å². The number of aromatic nitrogens is 3. The molecule has 2 aliphatic rings. The van der Waals surface area contributed by atoms with Crippen LogP contribution in [-0.4, -0.2) is 38.2 Å². The second-order valence-electron chi connectivity index (χ2n) is 6.06. The molecule has 0 fully saturated rings. The first-order chi connectivity index (χ1) is 11.1. The van der Waals surface area contributed by atoms with Gasteiger partial charge in [-0.05, 0) is 32.1 Å². The first kappa shape index (κ1) is 13.9. The molecule has 1 aromatic carbocycles. The molecule has 0 spiro atoms. The first-order valence-corrected chi connectivity index (χ1v) is 7.68. The Bertz CT molecular complexity index is 914. The van der Waals surface area contributed by atoms with E-state index in [0.29, 0.717) is 24.6 Å². The second-order valence-corrected chi connectivity index (χ2v) is 6.06. The van der Waals surface area contributed by atoms with Crippen molar-refractivity contribution in [2.75, 3.05) is 6.54 Å². The van der Waals surface area contributed by atoms with Crippen molar-refractivity contribution < 1.29 is 5.11 Å². The van der Waals surface area contributed by atoms with Crippen LogP contribution in [-0.2, 0) is 0 Å². The molecule has 4 rings (SSSR count). The number of benzene rings is 1. The lowest BCUT2D eigenvalue weighted by Crippen LogP contribution is -2.04. The molecule has 0 unspecified atom stereocenters. The van der Waals surface area contributed by atoms with Crippen LogP contribution in [0.4, 0.5) is 0 Å². The number of hydrogen-bond donors (Lipinski definition) is 1. The highest BCUT2D eigenvalue weighted by molar-refractivity contribution is 6.17. The lowest BCUT2D eigenvalue weighted by molar-refractivity contribution is 0.403. The first-order valence-electron chi connectivity index (χ1n) is 7.68. The summed E-state index contributed by atoms with van der Waals surface area (Å²) < 4.78 is 1.91. The van der Waals surface area contributed by atoms with E-state index in [1.54, 1.807) is 6.08 Å². The number of fused-ring (bicyclic) bond motifs is 1. The molecule has 0 radical (unpaired) electrons. The van der Waals surface area contributed by atoms with Crippen molar-refractivity contribution in [3.8, 4) is 0 Å². The summed E-state index contributed by atoms with van der Waals surface area (Å²) in [5.74, 6) is 1.07. The zero-order valence-electron chi connectivity index (χ0n) is 13.1. The van der Waals surface area contributed by atoms with E-state index in [2.05, 4.69) is 34.1 Å². The molecule has 116 valence electrons. The Morgan fingerprint density at radius 2 is 2.09 bits per heavy atom. The molecule has 0 bridgehead atoms. The van der Waals surface area contributed by atoms with Crippen molar-refractivity contribution in [2.45, 2.75) is 26.3 Å². The van der Waals surface area contributed by atoms with Crippen LogP contribution >= 0.6 is 0 Å². The Balaban J connectivity index is 1.63. The number of hydrogen-bond acceptors (Lipinski definition) is 5. The molecule has 1 aliphatic carbocycles. The van der Waals surface area contributed by atoms with Gasteiger partial charge in [0.25, 0.3) is 0 Å². The van der Waals surface area contributed by atoms with Crippen molar-refractivity contribution in [1.82, 2.24) is 15.0 Å². The maximum atomic E-state index is 9.50. The molecule has 2 aromatic rings. The summed E-state index contributed by atoms with van der Waals surface area (Å²) in [6.07, 6.45) is 4.08. The summed E-state index contributed by atoms with van der Waals surface area (Å²) in [7, 11) is 0. The van der Waals surface area contributed by atoms with Gasteiger partial charge in [-0.1, -0.05) is 17.4 Å². The fraction of sp³-hybridized carbons (Fsp3) is 0.294. The van der Waals surface area contributed by atoms with E-state index < -0.39 is 0 Å². The number of allylic oxidation sites excluding steroid dienone is 3. The van der Waals surface area contributed by atoms with Crippen molar-refractivity contribution in [3.05, 3.63) is 47.2 Å². The van der Waals surface area contributed by atoms with Crippen LogP contribution in [0.2, 0.25) is 0 Å². The topological polar surface area (TPSA) is 75.7 Å². The molecular formula is C17H17N5O. The molecule has 1 aromatic heterocycles. The largest absolute Gasteiger partial charge is 0.512 e. The van der Waals surface area contributed by atoms with E-state index >= 15 is 0 Å². The molecule has 0 saturated heterocycles. The average molecular weight is 307 g/mol. The van der Waals surface area contributed by atoms with Gasteiger partial charge in [-0.2, -0.15) is 0 Å². The molecule has 1 N–H and O–H groups in total. The van der Waals surface area contributed by atoms with Crippen LogP contribution in [0.15, 0.2) is 51.7 Å². The van der Waals surface area contributed by atoms with E-state index in [-0.39, 0.29) is 6.04 Å². The molecule has 6 heteroatoms. The van der Waals surface area contributed by atoms with Gasteiger partial charge in [0, 0.05) is 23.6 Å². The lowest BCUT2D eigenvalue weighted by atomic mass is 10.1. The van der Waals surface area contributed by atoms with E-state index in [1.807, 2.05) is 29.0 Å². The molecule has 0 amide bonds. The van der Waals surface area contributed by atoms with Gasteiger partial charge < -0.3 is 5.11 Å². The monoisotopic (exact) mass is 307 g/mol. The third-order valence-corrected chi connectivity index (χ3v) is 4.05. The number of nitrogens with zero attached hydrogens (tertiary/aromatic N) is 5. The third kappa shape index (κ3) is 2.36. The maximum Gasteiger partial charge on any atom is 0.151 e. The Hall–Kier alpha value is -2.76. The highest BCUT2D eigenvalue weighted by atomic mass is 16.3. The summed E-state index contributed by atoms with van der Waals surface area (Å²) in [5, 5.41) is 17.9. The minimum Gasteiger partial charge on any atom is -0.512 e. The molecule has 0 saturated carbocycles. The van der Waals surface area contributed by atoms with E-state index in [9.17, 15) is 5.11 Å². The molecule has 6 nitrogen and oxygen atoms in total. The quantitative estimate of drug-likeness (QED) is 0.947. The van der Waals surface area contributed by atoms with Gasteiger partial charge in [0.2, 0.25) is 0 Å². The summed E-state index contributed by atoms with van der Waals surface area (Å²) in [4.78, 5) is 9.10. The summed E-state index contributed by atoms with van der Waals surface area (Å²) in [6, 6.07) is 6.37. The van der Waals surface area contributed by atoms with Gasteiger partial charge >= 0.3 is 0 Å². The van der Waals surface area contributed by atoms with Gasteiger partial charge in [-0.25, -0.2) is 9.67 Å². The van der Waals surface area contributed by atoms with Crippen molar-refractivity contribution >= 4 is 22.6 Å². The third-order valence-electron chi connectivity index (χ3n) is 4.05. The van der Waals surface area contributed by atoms with Gasteiger partial charge in [0.1, 0.15) is 5.52 Å². The predicted octanol–water partition coefficient (Wildman–Crippen LogP) is 2.99. The summed E-state index contributed by atoms with van der Waals surface area (Å²) >= 11 is 0. The van der Waals surface area contributed by atoms with E-state index in [0.717, 1.165) is 27.9 Å². The Morgan fingerprint density at radius 1 is 1.22 bits per heavy atom. The fourth-order valence-corrected chi connectivity index (χ4v) is 2.84. The highest BCUT2D eigenvalue weighted by Gasteiger charge is 2.19. The van der Waals surface area contributed by atoms with Crippen LogP contribution in [0.3, 0.4) is 0 Å². The van der Waals surface area contributed by atoms with Crippen molar-refractivity contribution in [1.29, 1.82) is 0 Å². The number of aliphatic imine (C=N–C) groups is 2. The maximum absolute atomic E-state index is 9.50. The Morgan fingerprint density at radius 3 is 2.83 bits per heavy atom. The van der Waals surface area contributed by atoms with E-state index in [4.69, 9.17) is 0 Å². The van der Waals surface area contributed by atoms with Gasteiger partial charge in [0.05, 0.1) is 23.5 Å². The normalized spacial score (nSPS) is 17.5. The standard InChI is InChI=1S/C17H17N5O/c1-10(2)22-16-6-4-11(8-14(16)20-21-22)15-9-18-17(19-15)12-3-5-13(23)7-12/h3-6,8,10,23H,7,9H2,1-2H3. The predicted molar refractivity (Wildman–Crippen MR) is 90.2 cm³/mol. The van der Waals surface area contributed by atoms with Crippen molar-refractivity contribution in [3.63, 3.8) is 0 Å². The molecule has 0 atom stereocenters. The zero-order chi connectivity index (χ0) is 16.0. The Kier molecular flexibility index (Phi) is 3.11. The molecule has 2 heterocycles. The summed E-state index contributed by atoms with van der Waals surface area (Å²) in [5.41, 5.74) is 4.79. The number of rotatable bonds is 3. The Labute approximate surface area is 133 Å². The number of amidine groups is 1. The van der Waals surface area contributed by atoms with Gasteiger partial charge in [-0.3, -0.25) is 4.99 Å². The number of aliphatic hydroxyl groups is 1. The second kappa shape index (κ2) is 5.15. The SMILES string of the molecule is CC(C)n1nnc2cc(C3=NC(C4=CC=C(O)C4)=NC3)ccc21. The minimum absolute atomic E-state index is 0.277. The van der Waals surface area contributed by atoms with Crippen LogP contribution in [0.1, 0.15) is 31.9 Å². The smallest absolute Gasteiger partial charge is 0.151 e. The van der Waals surface area contributed by atoms with E-state index in [1.165, 1.54) is 0 Å². The van der Waals surface area contributed by atoms with Crippen LogP contribution in [0.25, 0.3) is 11.0 Å². The molecule has 23 heavy (non-hydrogen) atoms. The number of aliphatic hydroxyl groups excluding tert-OH is 1. The molecular weight excluding hydrogens is 290 g/mol. The highest BCUT2D eigenvalue weighted by Crippen LogP contribution is 2.23. The van der Waals surface area contributed by atoms with Gasteiger partial charge in [0.15, 0.2) is 5.84 Å². The summed E-state index contributed by atoms with van der Waals surface area (Å²) in [6.45, 7) is 4.72. The average Bonchev–Trinajstić information content (AvgIpc) is 3.24. The molecule has 1 aliphatic heterocycles.